The maximum absolute atomic E-state index is 12.7. The van der Waals surface area contributed by atoms with E-state index < -0.39 is 6.04 Å². The molecule has 2 aliphatic rings. The average molecular weight is 370 g/mol. The van der Waals surface area contributed by atoms with Crippen LogP contribution in [0.2, 0.25) is 0 Å². The van der Waals surface area contributed by atoms with E-state index in [1.54, 1.807) is 29.4 Å². The van der Waals surface area contributed by atoms with Crippen LogP contribution in [0.25, 0.3) is 11.4 Å². The molecule has 1 aliphatic carbocycles. The van der Waals surface area contributed by atoms with E-state index in [0.29, 0.717) is 37.8 Å². The molecule has 0 spiro atoms. The van der Waals surface area contributed by atoms with Crippen molar-refractivity contribution in [3.63, 3.8) is 0 Å². The van der Waals surface area contributed by atoms with Gasteiger partial charge < -0.3 is 20.1 Å². The largest absolute Gasteiger partial charge is 0.352 e. The van der Waals surface area contributed by atoms with Crippen LogP contribution < -0.4 is 10.6 Å². The van der Waals surface area contributed by atoms with Gasteiger partial charge in [-0.15, -0.1) is 0 Å². The molecule has 0 unspecified atom stereocenters. The zero-order valence-corrected chi connectivity index (χ0v) is 14.9. The summed E-state index contributed by atoms with van der Waals surface area (Å²) in [7, 11) is 0. The second-order valence-corrected chi connectivity index (χ2v) is 6.84. The Morgan fingerprint density at radius 3 is 2.89 bits per heavy atom. The van der Waals surface area contributed by atoms with Crippen LogP contribution in [-0.4, -0.2) is 63.6 Å². The first kappa shape index (κ1) is 17.6. The van der Waals surface area contributed by atoms with Gasteiger partial charge in [0.05, 0.1) is 0 Å². The zero-order valence-electron chi connectivity index (χ0n) is 14.9. The van der Waals surface area contributed by atoms with Crippen molar-refractivity contribution >= 4 is 11.8 Å². The van der Waals surface area contributed by atoms with Crippen molar-refractivity contribution in [1.82, 2.24) is 30.7 Å². The summed E-state index contributed by atoms with van der Waals surface area (Å²) in [6.45, 7) is 1.69. The van der Waals surface area contributed by atoms with Crippen molar-refractivity contribution in [1.29, 1.82) is 0 Å². The molecule has 9 heteroatoms. The molecular formula is C18H22N6O3. The molecule has 4 rings (SSSR count). The van der Waals surface area contributed by atoms with Gasteiger partial charge in [-0.3, -0.25) is 14.6 Å². The Kier molecular flexibility index (Phi) is 5.10. The van der Waals surface area contributed by atoms with Crippen molar-refractivity contribution in [3.8, 4) is 11.4 Å². The molecule has 3 heterocycles. The number of carbonyl (C=O) groups is 2. The lowest BCUT2D eigenvalue weighted by Gasteiger charge is -2.35. The summed E-state index contributed by atoms with van der Waals surface area (Å²) >= 11 is 0. The van der Waals surface area contributed by atoms with Crippen LogP contribution in [-0.2, 0) is 16.0 Å². The molecule has 1 aliphatic heterocycles. The summed E-state index contributed by atoms with van der Waals surface area (Å²) in [5.41, 5.74) is 0.810. The van der Waals surface area contributed by atoms with E-state index in [4.69, 9.17) is 4.52 Å². The van der Waals surface area contributed by atoms with E-state index >= 15 is 0 Å². The minimum atomic E-state index is -0.457. The molecule has 2 N–H and O–H groups in total. The Morgan fingerprint density at radius 1 is 1.30 bits per heavy atom. The van der Waals surface area contributed by atoms with E-state index in [1.807, 2.05) is 0 Å². The molecule has 27 heavy (non-hydrogen) atoms. The van der Waals surface area contributed by atoms with Crippen molar-refractivity contribution in [3.05, 3.63) is 30.4 Å². The zero-order chi connectivity index (χ0) is 18.6. The minimum absolute atomic E-state index is 0.0730. The normalized spacial score (nSPS) is 19.7. The fourth-order valence-corrected chi connectivity index (χ4v) is 3.09. The highest BCUT2D eigenvalue weighted by atomic mass is 16.5. The second-order valence-electron chi connectivity index (χ2n) is 6.84. The molecule has 0 radical (unpaired) electrons. The Labute approximate surface area is 156 Å². The molecular weight excluding hydrogens is 348 g/mol. The summed E-state index contributed by atoms with van der Waals surface area (Å²) in [6, 6.07) is 3.41. The molecule has 2 aromatic rings. The third-order valence-electron chi connectivity index (χ3n) is 4.75. The number of aryl methyl sites for hydroxylation is 1. The lowest BCUT2D eigenvalue weighted by molar-refractivity contribution is -0.141. The third-order valence-corrected chi connectivity index (χ3v) is 4.75. The number of pyridine rings is 1. The van der Waals surface area contributed by atoms with Gasteiger partial charge in [-0.1, -0.05) is 5.16 Å². The van der Waals surface area contributed by atoms with E-state index in [-0.39, 0.29) is 24.3 Å². The van der Waals surface area contributed by atoms with Crippen LogP contribution in [0, 0.1) is 0 Å². The first-order valence-electron chi connectivity index (χ1n) is 9.24. The predicted octanol–water partition coefficient (Wildman–Crippen LogP) is 0.143. The van der Waals surface area contributed by atoms with E-state index in [1.165, 1.54) is 0 Å². The number of nitrogens with zero attached hydrogens (tertiary/aromatic N) is 4. The van der Waals surface area contributed by atoms with Gasteiger partial charge in [0, 0.05) is 56.5 Å². The minimum Gasteiger partial charge on any atom is -0.352 e. The van der Waals surface area contributed by atoms with Crippen molar-refractivity contribution in [2.75, 3.05) is 19.6 Å². The van der Waals surface area contributed by atoms with Gasteiger partial charge in [-0.25, -0.2) is 0 Å². The number of nitrogens with one attached hydrogen (secondary N) is 2. The van der Waals surface area contributed by atoms with E-state index in [2.05, 4.69) is 25.8 Å². The molecule has 2 aromatic heterocycles. The number of piperazine rings is 1. The van der Waals surface area contributed by atoms with Crippen LogP contribution >= 0.6 is 0 Å². The number of aromatic nitrogens is 3. The van der Waals surface area contributed by atoms with Crippen LogP contribution in [0.5, 0.6) is 0 Å². The Balaban J connectivity index is 1.35. The molecule has 0 aromatic carbocycles. The Morgan fingerprint density at radius 2 is 2.11 bits per heavy atom. The monoisotopic (exact) mass is 370 g/mol. The van der Waals surface area contributed by atoms with Gasteiger partial charge in [-0.2, -0.15) is 4.98 Å². The fourth-order valence-electron chi connectivity index (χ4n) is 3.09. The highest BCUT2D eigenvalue weighted by Crippen LogP contribution is 2.20. The summed E-state index contributed by atoms with van der Waals surface area (Å²) in [6.07, 6.45) is 5.94. The second kappa shape index (κ2) is 7.83. The quantitative estimate of drug-likeness (QED) is 0.744. The van der Waals surface area contributed by atoms with Crippen molar-refractivity contribution in [2.24, 2.45) is 0 Å². The lowest BCUT2D eigenvalue weighted by Crippen LogP contribution is -2.59. The van der Waals surface area contributed by atoms with Crippen LogP contribution in [0.3, 0.4) is 0 Å². The van der Waals surface area contributed by atoms with Gasteiger partial charge >= 0.3 is 0 Å². The number of carbonyl (C=O) groups excluding carboxylic acids is 2. The van der Waals surface area contributed by atoms with E-state index in [9.17, 15) is 9.59 Å². The van der Waals surface area contributed by atoms with Crippen molar-refractivity contribution < 1.29 is 14.1 Å². The molecule has 1 saturated heterocycles. The lowest BCUT2D eigenvalue weighted by atomic mass is 10.1. The summed E-state index contributed by atoms with van der Waals surface area (Å²) < 4.78 is 5.25. The first-order valence-corrected chi connectivity index (χ1v) is 9.24. The number of hydrogen-bond donors (Lipinski definition) is 2. The average Bonchev–Trinajstić information content (AvgIpc) is 3.40. The van der Waals surface area contributed by atoms with Gasteiger partial charge in [-0.05, 0) is 25.0 Å². The van der Waals surface area contributed by atoms with Gasteiger partial charge in [0.15, 0.2) is 0 Å². The third kappa shape index (κ3) is 4.30. The van der Waals surface area contributed by atoms with Crippen LogP contribution in [0.4, 0.5) is 0 Å². The summed E-state index contributed by atoms with van der Waals surface area (Å²) in [5.74, 6) is 0.736. The molecule has 0 bridgehead atoms. The SMILES string of the molecule is O=C(NC1CC1)[C@H]1CNCCN1C(=O)CCc1nc(-c2ccncc2)no1. The molecule has 2 amide bonds. The molecule has 1 saturated carbocycles. The number of rotatable bonds is 6. The maximum Gasteiger partial charge on any atom is 0.244 e. The maximum atomic E-state index is 12.7. The van der Waals surface area contributed by atoms with E-state index in [0.717, 1.165) is 18.4 Å². The van der Waals surface area contributed by atoms with Crippen LogP contribution in [0.1, 0.15) is 25.2 Å². The highest BCUT2D eigenvalue weighted by Gasteiger charge is 2.34. The van der Waals surface area contributed by atoms with Gasteiger partial charge in [0.1, 0.15) is 6.04 Å². The fraction of sp³-hybridized carbons (Fsp3) is 0.500. The molecule has 9 nitrogen and oxygen atoms in total. The smallest absolute Gasteiger partial charge is 0.244 e. The van der Waals surface area contributed by atoms with Gasteiger partial charge in [0.25, 0.3) is 0 Å². The summed E-state index contributed by atoms with van der Waals surface area (Å²) in [5, 5.41) is 10.1. The number of hydrogen-bond acceptors (Lipinski definition) is 7. The Bertz CT molecular complexity index is 804. The number of amides is 2. The van der Waals surface area contributed by atoms with Gasteiger partial charge in [0.2, 0.25) is 23.5 Å². The van der Waals surface area contributed by atoms with Crippen molar-refractivity contribution in [2.45, 2.75) is 37.8 Å². The molecule has 2 fully saturated rings. The summed E-state index contributed by atoms with van der Waals surface area (Å²) in [4.78, 5) is 35.0. The first-order chi connectivity index (χ1) is 13.2. The standard InChI is InChI=1S/C18H22N6O3/c25-16(24-10-9-20-11-14(24)18(26)21-13-1-2-13)4-3-15-22-17(23-27-15)12-5-7-19-8-6-12/h5-8,13-14,20H,1-4,9-11H2,(H,21,26)/t14-/m1/s1. The molecule has 142 valence electrons. The Hall–Kier alpha value is -2.81. The molecule has 1 atom stereocenters. The predicted molar refractivity (Wildman–Crippen MR) is 95.4 cm³/mol. The highest BCUT2D eigenvalue weighted by molar-refractivity contribution is 5.88. The topological polar surface area (TPSA) is 113 Å². The van der Waals surface area contributed by atoms with Crippen LogP contribution in [0.15, 0.2) is 29.0 Å².